The molecule has 0 aliphatic rings. The highest BCUT2D eigenvalue weighted by Crippen LogP contribution is 2.30. The molecule has 0 aliphatic carbocycles. The molecule has 0 amide bonds. The second-order valence-electron chi connectivity index (χ2n) is 4.41. The van der Waals surface area contributed by atoms with Gasteiger partial charge in [0.25, 0.3) is 0 Å². The van der Waals surface area contributed by atoms with Gasteiger partial charge in [0.1, 0.15) is 17.1 Å². The van der Waals surface area contributed by atoms with Crippen molar-refractivity contribution in [3.8, 4) is 11.5 Å². The second-order valence-corrected chi connectivity index (χ2v) is 5.27. The summed E-state index contributed by atoms with van der Waals surface area (Å²) in [7, 11) is 0. The van der Waals surface area contributed by atoms with Gasteiger partial charge in [0.15, 0.2) is 0 Å². The molecule has 0 unspecified atom stereocenters. The summed E-state index contributed by atoms with van der Waals surface area (Å²) >= 11 is 3.23. The van der Waals surface area contributed by atoms with E-state index in [1.807, 2.05) is 24.3 Å². The molecule has 0 saturated carbocycles. The lowest BCUT2D eigenvalue weighted by molar-refractivity contribution is 0.0693. The number of aryl methyl sites for hydroxylation is 1. The average molecular weight is 335 g/mol. The number of aromatic carboxylic acids is 1. The zero-order valence-corrected chi connectivity index (χ0v) is 12.7. The fraction of sp³-hybridized carbons (Fsp3) is 0.188. The maximum atomic E-state index is 11.3. The molecule has 3 nitrogen and oxygen atoms in total. The summed E-state index contributed by atoms with van der Waals surface area (Å²) in [5, 5.41) is 9.23. The van der Waals surface area contributed by atoms with Crippen LogP contribution in [0, 0.1) is 0 Å². The van der Waals surface area contributed by atoms with E-state index in [9.17, 15) is 9.90 Å². The molecule has 0 bridgehead atoms. The van der Waals surface area contributed by atoms with E-state index in [1.165, 1.54) is 5.56 Å². The summed E-state index contributed by atoms with van der Waals surface area (Å²) in [6.07, 6.45) is 2.12. The molecule has 0 atom stereocenters. The van der Waals surface area contributed by atoms with Crippen LogP contribution in [-0.2, 0) is 6.42 Å². The van der Waals surface area contributed by atoms with Gasteiger partial charge < -0.3 is 9.84 Å². The minimum absolute atomic E-state index is 0.130. The summed E-state index contributed by atoms with van der Waals surface area (Å²) in [6, 6.07) is 12.8. The van der Waals surface area contributed by atoms with Crippen LogP contribution in [0.3, 0.4) is 0 Å². The molecule has 2 rings (SSSR count). The van der Waals surface area contributed by atoms with Crippen molar-refractivity contribution in [1.29, 1.82) is 0 Å². The van der Waals surface area contributed by atoms with Crippen LogP contribution >= 0.6 is 15.9 Å². The number of halogens is 1. The number of carboxylic acid groups (broad SMARTS) is 1. The van der Waals surface area contributed by atoms with Crippen molar-refractivity contribution in [2.45, 2.75) is 19.8 Å². The second kappa shape index (κ2) is 6.57. The predicted octanol–water partition coefficient (Wildman–Crippen LogP) is 4.89. The first kappa shape index (κ1) is 14.6. The van der Waals surface area contributed by atoms with Gasteiger partial charge >= 0.3 is 5.97 Å². The molecule has 0 heterocycles. The smallest absolute Gasteiger partial charge is 0.340 e. The van der Waals surface area contributed by atoms with Gasteiger partial charge in [-0.1, -0.05) is 31.5 Å². The third-order valence-electron chi connectivity index (χ3n) is 2.88. The van der Waals surface area contributed by atoms with Crippen LogP contribution in [0.4, 0.5) is 0 Å². The molecular formula is C16H15BrO3. The molecule has 20 heavy (non-hydrogen) atoms. The third-order valence-corrected chi connectivity index (χ3v) is 3.54. The van der Waals surface area contributed by atoms with E-state index in [-0.39, 0.29) is 5.56 Å². The summed E-state index contributed by atoms with van der Waals surface area (Å²) in [5.74, 6) is -0.0596. The Balaban J connectivity index is 2.26. The fourth-order valence-electron chi connectivity index (χ4n) is 1.94. The van der Waals surface area contributed by atoms with Crippen LogP contribution in [0.2, 0.25) is 0 Å². The van der Waals surface area contributed by atoms with Crippen molar-refractivity contribution >= 4 is 21.9 Å². The van der Waals surface area contributed by atoms with Crippen LogP contribution in [0.1, 0.15) is 29.3 Å². The number of carbonyl (C=O) groups is 1. The molecule has 0 spiro atoms. The van der Waals surface area contributed by atoms with Crippen molar-refractivity contribution in [3.63, 3.8) is 0 Å². The van der Waals surface area contributed by atoms with Crippen LogP contribution < -0.4 is 4.74 Å². The topological polar surface area (TPSA) is 46.5 Å². The Kier molecular flexibility index (Phi) is 4.79. The van der Waals surface area contributed by atoms with E-state index >= 15 is 0 Å². The van der Waals surface area contributed by atoms with Crippen LogP contribution in [-0.4, -0.2) is 11.1 Å². The number of hydrogen-bond donors (Lipinski definition) is 1. The SMILES string of the molecule is CCCc1ccc(Oc2cccc(Br)c2C(=O)O)cc1. The van der Waals surface area contributed by atoms with Crippen molar-refractivity contribution < 1.29 is 14.6 Å². The lowest BCUT2D eigenvalue weighted by atomic mass is 10.1. The Bertz CT molecular complexity index is 606. The molecule has 4 heteroatoms. The van der Waals surface area contributed by atoms with E-state index in [1.54, 1.807) is 18.2 Å². The normalized spacial score (nSPS) is 10.3. The van der Waals surface area contributed by atoms with Gasteiger partial charge in [-0.25, -0.2) is 4.79 Å². The average Bonchev–Trinajstić information content (AvgIpc) is 2.41. The minimum atomic E-state index is -1.02. The zero-order chi connectivity index (χ0) is 14.5. The van der Waals surface area contributed by atoms with Gasteiger partial charge in [-0.3, -0.25) is 0 Å². The quantitative estimate of drug-likeness (QED) is 0.846. The van der Waals surface area contributed by atoms with Crippen LogP contribution in [0.5, 0.6) is 11.5 Å². The van der Waals surface area contributed by atoms with Gasteiger partial charge in [0.05, 0.1) is 0 Å². The van der Waals surface area contributed by atoms with E-state index in [0.717, 1.165) is 12.8 Å². The van der Waals surface area contributed by atoms with Gasteiger partial charge in [0, 0.05) is 4.47 Å². The lowest BCUT2D eigenvalue weighted by Crippen LogP contribution is -2.01. The predicted molar refractivity (Wildman–Crippen MR) is 81.6 cm³/mol. The van der Waals surface area contributed by atoms with E-state index < -0.39 is 5.97 Å². The van der Waals surface area contributed by atoms with Gasteiger partial charge in [-0.2, -0.15) is 0 Å². The summed E-state index contributed by atoms with van der Waals surface area (Å²) in [5.41, 5.74) is 1.37. The highest BCUT2D eigenvalue weighted by Gasteiger charge is 2.15. The molecular weight excluding hydrogens is 320 g/mol. The van der Waals surface area contributed by atoms with Crippen molar-refractivity contribution in [1.82, 2.24) is 0 Å². The molecule has 2 aromatic carbocycles. The molecule has 0 fully saturated rings. The first-order valence-electron chi connectivity index (χ1n) is 6.40. The van der Waals surface area contributed by atoms with Gasteiger partial charge in [-0.15, -0.1) is 0 Å². The number of carboxylic acids is 1. The highest BCUT2D eigenvalue weighted by atomic mass is 79.9. The minimum Gasteiger partial charge on any atom is -0.478 e. The molecule has 104 valence electrons. The number of rotatable bonds is 5. The Hall–Kier alpha value is -1.81. The molecule has 0 aliphatic heterocycles. The van der Waals surface area contributed by atoms with E-state index in [4.69, 9.17) is 4.74 Å². The molecule has 0 aromatic heterocycles. The largest absolute Gasteiger partial charge is 0.478 e. The van der Waals surface area contributed by atoms with E-state index in [0.29, 0.717) is 16.0 Å². The van der Waals surface area contributed by atoms with Crippen molar-refractivity contribution in [2.24, 2.45) is 0 Å². The first-order valence-corrected chi connectivity index (χ1v) is 7.19. The molecule has 0 radical (unpaired) electrons. The standard InChI is InChI=1S/C16H15BrO3/c1-2-4-11-7-9-12(10-8-11)20-14-6-3-5-13(17)15(14)16(18)19/h3,5-10H,2,4H2,1H3,(H,18,19). The summed E-state index contributed by atoms with van der Waals surface area (Å²) < 4.78 is 6.18. The Morgan fingerprint density at radius 3 is 2.50 bits per heavy atom. The zero-order valence-electron chi connectivity index (χ0n) is 11.1. The Labute approximate surface area is 126 Å². The summed E-state index contributed by atoms with van der Waals surface area (Å²) in [6.45, 7) is 2.13. The van der Waals surface area contributed by atoms with Gasteiger partial charge in [-0.05, 0) is 52.2 Å². The number of ether oxygens (including phenoxy) is 1. The number of hydrogen-bond acceptors (Lipinski definition) is 2. The highest BCUT2D eigenvalue weighted by molar-refractivity contribution is 9.10. The molecule has 1 N–H and O–H groups in total. The maximum absolute atomic E-state index is 11.3. The third kappa shape index (κ3) is 3.39. The Morgan fingerprint density at radius 1 is 1.20 bits per heavy atom. The number of benzene rings is 2. The van der Waals surface area contributed by atoms with Crippen LogP contribution in [0.15, 0.2) is 46.9 Å². The lowest BCUT2D eigenvalue weighted by Gasteiger charge is -2.10. The Morgan fingerprint density at radius 2 is 1.90 bits per heavy atom. The van der Waals surface area contributed by atoms with Gasteiger partial charge in [0.2, 0.25) is 0 Å². The first-order chi connectivity index (χ1) is 9.61. The molecule has 2 aromatic rings. The maximum Gasteiger partial charge on any atom is 0.340 e. The van der Waals surface area contributed by atoms with Crippen molar-refractivity contribution in [3.05, 3.63) is 58.1 Å². The van der Waals surface area contributed by atoms with E-state index in [2.05, 4.69) is 22.9 Å². The van der Waals surface area contributed by atoms with Crippen LogP contribution in [0.25, 0.3) is 0 Å². The monoisotopic (exact) mass is 334 g/mol. The summed E-state index contributed by atoms with van der Waals surface area (Å²) in [4.78, 5) is 11.3. The van der Waals surface area contributed by atoms with Crippen molar-refractivity contribution in [2.75, 3.05) is 0 Å². The molecule has 0 saturated heterocycles. The fourth-order valence-corrected chi connectivity index (χ4v) is 2.45.